The van der Waals surface area contributed by atoms with Crippen molar-refractivity contribution in [1.29, 1.82) is 0 Å². The van der Waals surface area contributed by atoms with Gasteiger partial charge >= 0.3 is 5.97 Å². The van der Waals surface area contributed by atoms with E-state index in [-0.39, 0.29) is 17.6 Å². The Bertz CT molecular complexity index is 448. The Labute approximate surface area is 103 Å². The van der Waals surface area contributed by atoms with Gasteiger partial charge in [-0.25, -0.2) is 4.79 Å². The predicted molar refractivity (Wildman–Crippen MR) is 60.8 cm³/mol. The van der Waals surface area contributed by atoms with Gasteiger partial charge in [0.25, 0.3) is 0 Å². The number of aliphatic hydroxyl groups excluding tert-OH is 1. The molecule has 0 spiro atoms. The molecule has 0 unspecified atom stereocenters. The highest BCUT2D eigenvalue weighted by molar-refractivity contribution is 6.30. The number of rotatable bonds is 4. The van der Waals surface area contributed by atoms with Crippen molar-refractivity contribution in [2.75, 3.05) is 13.7 Å². The molecule has 1 N–H and O–H groups in total. The van der Waals surface area contributed by atoms with Gasteiger partial charge in [0.1, 0.15) is 0 Å². The maximum absolute atomic E-state index is 11.2. The van der Waals surface area contributed by atoms with Crippen molar-refractivity contribution in [3.63, 3.8) is 0 Å². The van der Waals surface area contributed by atoms with E-state index in [1.165, 1.54) is 13.2 Å². The summed E-state index contributed by atoms with van der Waals surface area (Å²) in [6.07, 6.45) is 1.14. The maximum atomic E-state index is 11.2. The molecule has 0 radical (unpaired) electrons. The quantitative estimate of drug-likeness (QED) is 0.502. The molecule has 0 saturated carbocycles. The number of hydrogen-bond acceptors (Lipinski definition) is 6. The minimum Gasteiger partial charge on any atom is -0.502 e. The van der Waals surface area contributed by atoms with E-state index >= 15 is 0 Å². The molecule has 1 aromatic rings. The Hall–Kier alpha value is -1.82. The van der Waals surface area contributed by atoms with E-state index in [0.29, 0.717) is 5.56 Å². The molecule has 0 fully saturated rings. The number of aliphatic hydroxyl groups is 1. The number of halogens is 1. The summed E-state index contributed by atoms with van der Waals surface area (Å²) in [5, 5.41) is 16.7. The molecule has 0 aromatic carbocycles. The van der Waals surface area contributed by atoms with Crippen LogP contribution >= 0.6 is 11.6 Å². The molecule has 7 heteroatoms. The Balaban J connectivity index is 3.00. The molecule has 0 amide bonds. The standard InChI is InChI=1S/C10H11ClN2O4/c1-3-17-10(15)7(14)4-6-5-8(16-2)12-13-9(6)11/h4-5,14H,3H2,1-2H3/b7-4-. The predicted octanol–water partition coefficient (Wildman–Crippen LogP) is 1.60. The van der Waals surface area contributed by atoms with Crippen LogP contribution in [0, 0.1) is 0 Å². The van der Waals surface area contributed by atoms with Crippen LogP contribution in [0.3, 0.4) is 0 Å². The second-order valence-electron chi connectivity index (χ2n) is 2.88. The molecule has 6 nitrogen and oxygen atoms in total. The zero-order valence-electron chi connectivity index (χ0n) is 9.31. The van der Waals surface area contributed by atoms with E-state index in [1.807, 2.05) is 0 Å². The van der Waals surface area contributed by atoms with Gasteiger partial charge in [0.15, 0.2) is 5.15 Å². The van der Waals surface area contributed by atoms with Gasteiger partial charge in [0, 0.05) is 11.6 Å². The highest BCUT2D eigenvalue weighted by Crippen LogP contribution is 2.19. The largest absolute Gasteiger partial charge is 0.502 e. The third-order valence-corrected chi connectivity index (χ3v) is 2.03. The number of nitrogens with zero attached hydrogens (tertiary/aromatic N) is 2. The molecule has 0 aliphatic carbocycles. The molecule has 0 bridgehead atoms. The molecule has 0 atom stereocenters. The zero-order valence-corrected chi connectivity index (χ0v) is 10.1. The maximum Gasteiger partial charge on any atom is 0.373 e. The molecule has 1 aromatic heterocycles. The number of carbonyl (C=O) groups is 1. The fourth-order valence-electron chi connectivity index (χ4n) is 0.985. The van der Waals surface area contributed by atoms with Crippen LogP contribution in [-0.4, -0.2) is 35.0 Å². The fraction of sp³-hybridized carbons (Fsp3) is 0.300. The average Bonchev–Trinajstić information content (AvgIpc) is 2.32. The summed E-state index contributed by atoms with van der Waals surface area (Å²) < 4.78 is 9.44. The summed E-state index contributed by atoms with van der Waals surface area (Å²) in [6.45, 7) is 1.80. The van der Waals surface area contributed by atoms with Crippen LogP contribution < -0.4 is 4.74 Å². The number of hydrogen-bond donors (Lipinski definition) is 1. The van der Waals surface area contributed by atoms with Gasteiger partial charge in [-0.15, -0.1) is 10.2 Å². The number of carbonyl (C=O) groups excluding carboxylic acids is 1. The summed E-state index contributed by atoms with van der Waals surface area (Å²) in [5.74, 6) is -1.18. The van der Waals surface area contributed by atoms with Gasteiger partial charge in [-0.3, -0.25) is 0 Å². The van der Waals surface area contributed by atoms with Crippen LogP contribution in [0.1, 0.15) is 12.5 Å². The van der Waals surface area contributed by atoms with Crippen LogP contribution in [0.25, 0.3) is 6.08 Å². The highest BCUT2D eigenvalue weighted by atomic mass is 35.5. The summed E-state index contributed by atoms with van der Waals surface area (Å²) >= 11 is 5.74. The first kappa shape index (κ1) is 13.2. The van der Waals surface area contributed by atoms with E-state index in [2.05, 4.69) is 14.9 Å². The number of aromatic nitrogens is 2. The van der Waals surface area contributed by atoms with Crippen molar-refractivity contribution in [3.05, 3.63) is 22.5 Å². The van der Waals surface area contributed by atoms with Gasteiger partial charge in [-0.1, -0.05) is 11.6 Å². The van der Waals surface area contributed by atoms with Crippen LogP contribution in [0.4, 0.5) is 0 Å². The molecule has 0 aliphatic rings. The van der Waals surface area contributed by atoms with E-state index in [4.69, 9.17) is 16.3 Å². The zero-order chi connectivity index (χ0) is 12.8. The molecule has 0 aliphatic heterocycles. The first-order chi connectivity index (χ1) is 8.08. The van der Waals surface area contributed by atoms with Crippen molar-refractivity contribution in [3.8, 4) is 5.88 Å². The topological polar surface area (TPSA) is 81.5 Å². The highest BCUT2D eigenvalue weighted by Gasteiger charge is 2.11. The molecule has 92 valence electrons. The first-order valence-electron chi connectivity index (χ1n) is 4.73. The second kappa shape index (κ2) is 6.05. The van der Waals surface area contributed by atoms with Crippen LogP contribution in [0.15, 0.2) is 11.8 Å². The normalized spacial score (nSPS) is 11.1. The summed E-state index contributed by atoms with van der Waals surface area (Å²) in [6, 6.07) is 1.44. The van der Waals surface area contributed by atoms with Crippen molar-refractivity contribution in [1.82, 2.24) is 10.2 Å². The lowest BCUT2D eigenvalue weighted by Crippen LogP contribution is -2.07. The van der Waals surface area contributed by atoms with Gasteiger partial charge in [0.05, 0.1) is 13.7 Å². The number of methoxy groups -OCH3 is 1. The Morgan fingerprint density at radius 3 is 2.88 bits per heavy atom. The molecule has 1 rings (SSSR count). The smallest absolute Gasteiger partial charge is 0.373 e. The van der Waals surface area contributed by atoms with Gasteiger partial charge in [0.2, 0.25) is 11.6 Å². The lowest BCUT2D eigenvalue weighted by molar-refractivity contribution is -0.141. The SMILES string of the molecule is CCOC(=O)/C(O)=C/c1cc(OC)nnc1Cl. The number of esters is 1. The van der Waals surface area contributed by atoms with E-state index in [1.54, 1.807) is 6.92 Å². The van der Waals surface area contributed by atoms with Gasteiger partial charge in [-0.05, 0) is 13.0 Å². The lowest BCUT2D eigenvalue weighted by atomic mass is 10.2. The Morgan fingerprint density at radius 1 is 1.59 bits per heavy atom. The lowest BCUT2D eigenvalue weighted by Gasteiger charge is -2.02. The first-order valence-corrected chi connectivity index (χ1v) is 5.11. The second-order valence-corrected chi connectivity index (χ2v) is 3.24. The summed E-state index contributed by atoms with van der Waals surface area (Å²) in [7, 11) is 1.41. The monoisotopic (exact) mass is 258 g/mol. The third-order valence-electron chi connectivity index (χ3n) is 1.74. The minimum absolute atomic E-state index is 0.0432. The van der Waals surface area contributed by atoms with Crippen LogP contribution in [0.5, 0.6) is 5.88 Å². The van der Waals surface area contributed by atoms with Crippen LogP contribution in [0.2, 0.25) is 5.15 Å². The van der Waals surface area contributed by atoms with Crippen molar-refractivity contribution in [2.45, 2.75) is 6.92 Å². The van der Waals surface area contributed by atoms with Crippen molar-refractivity contribution in [2.24, 2.45) is 0 Å². The van der Waals surface area contributed by atoms with Gasteiger partial charge < -0.3 is 14.6 Å². The van der Waals surface area contributed by atoms with E-state index in [9.17, 15) is 9.90 Å². The summed E-state index contributed by atoms with van der Waals surface area (Å²) in [5.41, 5.74) is 0.309. The number of ether oxygens (including phenoxy) is 2. The molecular formula is C10H11ClN2O4. The average molecular weight is 259 g/mol. The molecule has 17 heavy (non-hydrogen) atoms. The van der Waals surface area contributed by atoms with Crippen molar-refractivity contribution < 1.29 is 19.4 Å². The Morgan fingerprint density at radius 2 is 2.29 bits per heavy atom. The van der Waals surface area contributed by atoms with E-state index in [0.717, 1.165) is 6.08 Å². The molecule has 1 heterocycles. The molecule has 0 saturated heterocycles. The summed E-state index contributed by atoms with van der Waals surface area (Å²) in [4.78, 5) is 11.2. The minimum atomic E-state index is -0.834. The van der Waals surface area contributed by atoms with Crippen molar-refractivity contribution >= 4 is 23.6 Å². The van der Waals surface area contributed by atoms with E-state index < -0.39 is 11.7 Å². The van der Waals surface area contributed by atoms with Gasteiger partial charge in [-0.2, -0.15) is 0 Å². The molecular weight excluding hydrogens is 248 g/mol. The fourth-order valence-corrected chi connectivity index (χ4v) is 1.13. The Kier molecular flexibility index (Phi) is 4.71. The third kappa shape index (κ3) is 3.60. The van der Waals surface area contributed by atoms with Crippen LogP contribution in [-0.2, 0) is 9.53 Å².